The summed E-state index contributed by atoms with van der Waals surface area (Å²) in [6, 6.07) is -1.24. The molecule has 0 heterocycles. The van der Waals surface area contributed by atoms with E-state index in [0.717, 1.165) is 0 Å². The second-order valence-electron chi connectivity index (χ2n) is 3.61. The largest absolute Gasteiger partial charge is 0.490 e. The van der Waals surface area contributed by atoms with Crippen molar-refractivity contribution in [2.45, 2.75) is 38.3 Å². The fraction of sp³-hybridized carbons (Fsp3) is 0.875. The maximum atomic E-state index is 11.7. The molecule has 0 aromatic rings. The fourth-order valence-electron chi connectivity index (χ4n) is 0.583. The molecular weight excluding hydrogens is 272 g/mol. The minimum atomic E-state index is -5.08. The Kier molecular flexibility index (Phi) is 7.28. The summed E-state index contributed by atoms with van der Waals surface area (Å²) in [6.45, 7) is 3.05. The van der Waals surface area contributed by atoms with Crippen molar-refractivity contribution in [3.8, 4) is 0 Å². The number of rotatable bonds is 2. The van der Waals surface area contributed by atoms with Crippen molar-refractivity contribution >= 4 is 5.97 Å². The van der Waals surface area contributed by atoms with Gasteiger partial charge in [0.15, 0.2) is 6.10 Å². The molecule has 0 radical (unpaired) electrons. The van der Waals surface area contributed by atoms with Crippen molar-refractivity contribution in [3.63, 3.8) is 0 Å². The highest BCUT2D eigenvalue weighted by Gasteiger charge is 2.42. The summed E-state index contributed by atoms with van der Waals surface area (Å²) in [5.74, 6) is -3.14. The molecule has 0 spiro atoms. The summed E-state index contributed by atoms with van der Waals surface area (Å²) in [4.78, 5) is 8.90. The first kappa shape index (κ1) is 19.3. The molecule has 0 saturated heterocycles. The van der Waals surface area contributed by atoms with Gasteiger partial charge in [-0.25, -0.2) is 4.79 Å². The molecule has 0 aliphatic carbocycles. The van der Waals surface area contributed by atoms with Gasteiger partial charge in [-0.15, -0.1) is 0 Å². The molecule has 2 unspecified atom stereocenters. The molecule has 0 aromatic carbocycles. The summed E-state index contributed by atoms with van der Waals surface area (Å²) < 4.78 is 66.9. The quantitative estimate of drug-likeness (QED) is 0.672. The lowest BCUT2D eigenvalue weighted by Crippen LogP contribution is -2.47. The fourth-order valence-corrected chi connectivity index (χ4v) is 0.583. The van der Waals surface area contributed by atoms with Crippen LogP contribution in [0.2, 0.25) is 0 Å². The average Bonchev–Trinajstić information content (AvgIpc) is 2.13. The maximum absolute atomic E-state index is 11.7. The van der Waals surface area contributed by atoms with Gasteiger partial charge in [0.25, 0.3) is 0 Å². The van der Waals surface area contributed by atoms with Crippen LogP contribution in [0.5, 0.6) is 0 Å². The number of carboxylic acids is 1. The molecule has 10 heteroatoms. The number of aliphatic hydroxyl groups excluding tert-OH is 1. The molecule has 0 bridgehead atoms. The number of aliphatic carboxylic acids is 1. The van der Waals surface area contributed by atoms with E-state index in [1.165, 1.54) is 13.8 Å². The summed E-state index contributed by atoms with van der Waals surface area (Å²) in [6.07, 6.45) is -12.1. The van der Waals surface area contributed by atoms with Crippen molar-refractivity contribution in [2.24, 2.45) is 11.7 Å². The standard InChI is InChI=1S/C6H12F3NO.C2HF3O2/c1-3(2)4(10)5(11)6(7,8)9;3-2(4,5)1(6)7/h3-5,11H,10H2,1-2H3;(H,6,7). The first-order valence-corrected chi connectivity index (χ1v) is 4.51. The highest BCUT2D eigenvalue weighted by molar-refractivity contribution is 5.73. The van der Waals surface area contributed by atoms with Gasteiger partial charge >= 0.3 is 18.3 Å². The van der Waals surface area contributed by atoms with Crippen LogP contribution in [0.3, 0.4) is 0 Å². The van der Waals surface area contributed by atoms with Gasteiger partial charge in [0.1, 0.15) is 0 Å². The van der Waals surface area contributed by atoms with Crippen LogP contribution in [0.4, 0.5) is 26.3 Å². The lowest BCUT2D eigenvalue weighted by molar-refractivity contribution is -0.212. The number of alkyl halides is 6. The van der Waals surface area contributed by atoms with Crippen LogP contribution in [0.25, 0.3) is 0 Å². The van der Waals surface area contributed by atoms with Crippen LogP contribution in [-0.2, 0) is 4.79 Å². The second-order valence-corrected chi connectivity index (χ2v) is 3.61. The van der Waals surface area contributed by atoms with Gasteiger partial charge in [0.05, 0.1) is 0 Å². The molecule has 0 saturated carbocycles. The zero-order chi connectivity index (χ0) is 15.3. The first-order chi connectivity index (χ1) is 7.71. The van der Waals surface area contributed by atoms with Crippen molar-refractivity contribution in [1.82, 2.24) is 0 Å². The lowest BCUT2D eigenvalue weighted by Gasteiger charge is -2.23. The van der Waals surface area contributed by atoms with Gasteiger partial charge in [-0.1, -0.05) is 13.8 Å². The van der Waals surface area contributed by atoms with E-state index in [0.29, 0.717) is 0 Å². The normalized spacial score (nSPS) is 15.7. The molecular formula is C8H13F6NO3. The molecule has 0 aliphatic rings. The summed E-state index contributed by atoms with van der Waals surface area (Å²) in [7, 11) is 0. The van der Waals surface area contributed by atoms with E-state index < -0.39 is 30.5 Å². The molecule has 0 aliphatic heterocycles. The molecule has 2 atom stereocenters. The lowest BCUT2D eigenvalue weighted by atomic mass is 9.99. The van der Waals surface area contributed by atoms with Crippen LogP contribution in [0.1, 0.15) is 13.8 Å². The van der Waals surface area contributed by atoms with Gasteiger partial charge in [-0.2, -0.15) is 26.3 Å². The third kappa shape index (κ3) is 8.12. The number of carboxylic acid groups (broad SMARTS) is 1. The van der Waals surface area contributed by atoms with Gasteiger partial charge in [-0.05, 0) is 5.92 Å². The number of nitrogens with two attached hydrogens (primary N) is 1. The highest BCUT2D eigenvalue weighted by atomic mass is 19.4. The minimum absolute atomic E-state index is 0.383. The van der Waals surface area contributed by atoms with Gasteiger partial charge in [0.2, 0.25) is 0 Å². The number of halogens is 6. The smallest absolute Gasteiger partial charge is 0.475 e. The van der Waals surface area contributed by atoms with Gasteiger partial charge in [-0.3, -0.25) is 0 Å². The van der Waals surface area contributed by atoms with E-state index >= 15 is 0 Å². The Balaban J connectivity index is 0. The summed E-state index contributed by atoms with van der Waals surface area (Å²) >= 11 is 0. The monoisotopic (exact) mass is 285 g/mol. The van der Waals surface area contributed by atoms with E-state index in [-0.39, 0.29) is 5.92 Å². The van der Waals surface area contributed by atoms with Crippen molar-refractivity contribution < 1.29 is 41.4 Å². The predicted molar refractivity (Wildman–Crippen MR) is 48.6 cm³/mol. The molecule has 4 nitrogen and oxygen atoms in total. The van der Waals surface area contributed by atoms with Crippen molar-refractivity contribution in [3.05, 3.63) is 0 Å². The third-order valence-electron chi connectivity index (χ3n) is 1.71. The summed E-state index contributed by atoms with van der Waals surface area (Å²) in [5, 5.41) is 15.7. The van der Waals surface area contributed by atoms with Crippen LogP contribution in [0, 0.1) is 5.92 Å². The van der Waals surface area contributed by atoms with Crippen molar-refractivity contribution in [2.75, 3.05) is 0 Å². The Hall–Kier alpha value is -1.03. The van der Waals surface area contributed by atoms with E-state index in [4.69, 9.17) is 20.7 Å². The maximum Gasteiger partial charge on any atom is 0.490 e. The molecule has 0 fully saturated rings. The zero-order valence-electron chi connectivity index (χ0n) is 9.38. The molecule has 0 rings (SSSR count). The van der Waals surface area contributed by atoms with Crippen LogP contribution in [0.15, 0.2) is 0 Å². The summed E-state index contributed by atoms with van der Waals surface area (Å²) in [5.41, 5.74) is 5.08. The minimum Gasteiger partial charge on any atom is -0.475 e. The molecule has 110 valence electrons. The van der Waals surface area contributed by atoms with Gasteiger partial charge < -0.3 is 15.9 Å². The molecule has 18 heavy (non-hydrogen) atoms. The topological polar surface area (TPSA) is 83.5 Å². The van der Waals surface area contributed by atoms with E-state index in [2.05, 4.69) is 0 Å². The molecule has 0 amide bonds. The third-order valence-corrected chi connectivity index (χ3v) is 1.71. The Morgan fingerprint density at radius 1 is 1.11 bits per heavy atom. The number of aliphatic hydroxyl groups is 1. The van der Waals surface area contributed by atoms with Crippen molar-refractivity contribution in [1.29, 1.82) is 0 Å². The Labute approximate surface area is 98.4 Å². The molecule has 4 N–H and O–H groups in total. The Bertz CT molecular complexity index is 263. The first-order valence-electron chi connectivity index (χ1n) is 4.51. The van der Waals surface area contributed by atoms with E-state index in [9.17, 15) is 26.3 Å². The number of hydrogen-bond donors (Lipinski definition) is 3. The molecule has 0 aromatic heterocycles. The van der Waals surface area contributed by atoms with E-state index in [1.807, 2.05) is 0 Å². The highest BCUT2D eigenvalue weighted by Crippen LogP contribution is 2.23. The van der Waals surface area contributed by atoms with Crippen LogP contribution >= 0.6 is 0 Å². The Morgan fingerprint density at radius 3 is 1.44 bits per heavy atom. The average molecular weight is 285 g/mol. The van der Waals surface area contributed by atoms with Gasteiger partial charge in [0, 0.05) is 6.04 Å². The number of carbonyl (C=O) groups is 1. The second kappa shape index (κ2) is 6.78. The number of hydrogen-bond acceptors (Lipinski definition) is 3. The Morgan fingerprint density at radius 2 is 1.39 bits per heavy atom. The van der Waals surface area contributed by atoms with Crippen LogP contribution < -0.4 is 5.73 Å². The zero-order valence-corrected chi connectivity index (χ0v) is 9.38. The van der Waals surface area contributed by atoms with Crippen LogP contribution in [-0.4, -0.2) is 40.7 Å². The SMILES string of the molecule is CC(C)C(N)C(O)C(F)(F)F.O=C(O)C(F)(F)F. The predicted octanol–water partition coefficient (Wildman–Crippen LogP) is 1.53. The van der Waals surface area contributed by atoms with E-state index in [1.54, 1.807) is 0 Å².